The largest absolute Gasteiger partial charge is 0.494 e. The van der Waals surface area contributed by atoms with E-state index in [1.807, 2.05) is 43.0 Å². The maximum absolute atomic E-state index is 12.4. The van der Waals surface area contributed by atoms with Crippen LogP contribution in [-0.4, -0.2) is 31.1 Å². The molecular formula is C15H22N2O2. The van der Waals surface area contributed by atoms with Crippen LogP contribution >= 0.6 is 0 Å². The maximum atomic E-state index is 12.4. The van der Waals surface area contributed by atoms with Crippen molar-refractivity contribution in [3.63, 3.8) is 0 Å². The molecule has 1 saturated heterocycles. The highest BCUT2D eigenvalue weighted by molar-refractivity contribution is 5.97. The Kier molecular flexibility index (Phi) is 4.43. The standard InChI is InChI=1S/C15H22N2O2/c1-4-19-14-7-5-13(6-8-14)17-11(2)9-10-16-12(3)15(17)18/h5-8,11-12,16H,4,9-10H2,1-3H3. The Balaban J connectivity index is 2.23. The zero-order valence-corrected chi connectivity index (χ0v) is 11.8. The first-order valence-corrected chi connectivity index (χ1v) is 6.92. The summed E-state index contributed by atoms with van der Waals surface area (Å²) in [5.41, 5.74) is 0.941. The Morgan fingerprint density at radius 2 is 2.00 bits per heavy atom. The van der Waals surface area contributed by atoms with Crippen molar-refractivity contribution in [1.82, 2.24) is 5.32 Å². The van der Waals surface area contributed by atoms with Crippen LogP contribution in [0, 0.1) is 0 Å². The summed E-state index contributed by atoms with van der Waals surface area (Å²) < 4.78 is 5.43. The molecule has 0 aromatic heterocycles. The van der Waals surface area contributed by atoms with Gasteiger partial charge in [-0.15, -0.1) is 0 Å². The van der Waals surface area contributed by atoms with Crippen molar-refractivity contribution < 1.29 is 9.53 Å². The summed E-state index contributed by atoms with van der Waals surface area (Å²) >= 11 is 0. The lowest BCUT2D eigenvalue weighted by Gasteiger charge is -2.28. The molecule has 0 saturated carbocycles. The van der Waals surface area contributed by atoms with Gasteiger partial charge in [-0.25, -0.2) is 0 Å². The Morgan fingerprint density at radius 1 is 1.32 bits per heavy atom. The zero-order valence-electron chi connectivity index (χ0n) is 11.8. The van der Waals surface area contributed by atoms with Crippen molar-refractivity contribution in [3.05, 3.63) is 24.3 Å². The van der Waals surface area contributed by atoms with Crippen LogP contribution in [0.5, 0.6) is 5.75 Å². The number of anilines is 1. The molecule has 104 valence electrons. The fourth-order valence-electron chi connectivity index (χ4n) is 2.40. The number of hydrogen-bond donors (Lipinski definition) is 1. The van der Waals surface area contributed by atoms with Gasteiger partial charge in [0.1, 0.15) is 5.75 Å². The van der Waals surface area contributed by atoms with E-state index in [1.54, 1.807) is 0 Å². The van der Waals surface area contributed by atoms with Gasteiger partial charge in [-0.05, 0) is 58.0 Å². The Labute approximate surface area is 114 Å². The molecule has 1 aliphatic rings. The Bertz CT molecular complexity index is 430. The zero-order chi connectivity index (χ0) is 13.8. The predicted molar refractivity (Wildman–Crippen MR) is 76.6 cm³/mol. The molecule has 0 radical (unpaired) electrons. The smallest absolute Gasteiger partial charge is 0.244 e. The molecule has 2 atom stereocenters. The van der Waals surface area contributed by atoms with E-state index in [2.05, 4.69) is 12.2 Å². The van der Waals surface area contributed by atoms with E-state index in [1.165, 1.54) is 0 Å². The van der Waals surface area contributed by atoms with Crippen molar-refractivity contribution in [3.8, 4) is 5.75 Å². The topological polar surface area (TPSA) is 41.6 Å². The van der Waals surface area contributed by atoms with Crippen molar-refractivity contribution in [1.29, 1.82) is 0 Å². The predicted octanol–water partition coefficient (Wildman–Crippen LogP) is 2.19. The SMILES string of the molecule is CCOc1ccc(N2C(=O)C(C)NCCC2C)cc1. The van der Waals surface area contributed by atoms with Crippen LogP contribution in [0.3, 0.4) is 0 Å². The van der Waals surface area contributed by atoms with Crippen LogP contribution in [0.15, 0.2) is 24.3 Å². The third-order valence-corrected chi connectivity index (χ3v) is 3.49. The molecule has 19 heavy (non-hydrogen) atoms. The first-order valence-electron chi connectivity index (χ1n) is 6.92. The number of hydrogen-bond acceptors (Lipinski definition) is 3. The van der Waals surface area contributed by atoms with Crippen LogP contribution in [0.25, 0.3) is 0 Å². The molecule has 2 rings (SSSR count). The van der Waals surface area contributed by atoms with Gasteiger partial charge in [0.05, 0.1) is 12.6 Å². The summed E-state index contributed by atoms with van der Waals surface area (Å²) in [7, 11) is 0. The van der Waals surface area contributed by atoms with Gasteiger partial charge in [-0.2, -0.15) is 0 Å². The van der Waals surface area contributed by atoms with E-state index in [9.17, 15) is 4.79 Å². The summed E-state index contributed by atoms with van der Waals surface area (Å²) in [5.74, 6) is 0.974. The average molecular weight is 262 g/mol. The fraction of sp³-hybridized carbons (Fsp3) is 0.533. The van der Waals surface area contributed by atoms with E-state index in [0.717, 1.165) is 24.4 Å². The molecule has 1 heterocycles. The average Bonchev–Trinajstić information content (AvgIpc) is 2.52. The third-order valence-electron chi connectivity index (χ3n) is 3.49. The maximum Gasteiger partial charge on any atom is 0.244 e. The minimum Gasteiger partial charge on any atom is -0.494 e. The number of amides is 1. The Hall–Kier alpha value is -1.55. The number of rotatable bonds is 3. The van der Waals surface area contributed by atoms with Crippen molar-refractivity contribution in [2.45, 2.75) is 39.3 Å². The monoisotopic (exact) mass is 262 g/mol. The first kappa shape index (κ1) is 13.9. The van der Waals surface area contributed by atoms with Gasteiger partial charge in [0, 0.05) is 11.7 Å². The van der Waals surface area contributed by atoms with Crippen molar-refractivity contribution in [2.24, 2.45) is 0 Å². The molecule has 1 aliphatic heterocycles. The van der Waals surface area contributed by atoms with Crippen molar-refractivity contribution in [2.75, 3.05) is 18.1 Å². The van der Waals surface area contributed by atoms with Crippen LogP contribution < -0.4 is 15.0 Å². The van der Waals surface area contributed by atoms with Crippen LogP contribution in [-0.2, 0) is 4.79 Å². The van der Waals surface area contributed by atoms with Gasteiger partial charge < -0.3 is 15.0 Å². The molecule has 1 fully saturated rings. The van der Waals surface area contributed by atoms with Gasteiger partial charge >= 0.3 is 0 Å². The lowest BCUT2D eigenvalue weighted by Crippen LogP contribution is -2.44. The molecule has 1 aromatic carbocycles. The van der Waals surface area contributed by atoms with E-state index < -0.39 is 0 Å². The summed E-state index contributed by atoms with van der Waals surface area (Å²) in [6.07, 6.45) is 0.962. The van der Waals surface area contributed by atoms with Gasteiger partial charge in [-0.1, -0.05) is 0 Å². The summed E-state index contributed by atoms with van der Waals surface area (Å²) in [4.78, 5) is 14.3. The first-order chi connectivity index (χ1) is 9.13. The van der Waals surface area contributed by atoms with E-state index in [4.69, 9.17) is 4.74 Å². The molecule has 2 unspecified atom stereocenters. The molecule has 0 bridgehead atoms. The highest BCUT2D eigenvalue weighted by Gasteiger charge is 2.28. The molecule has 0 spiro atoms. The van der Waals surface area contributed by atoms with E-state index in [0.29, 0.717) is 6.61 Å². The second-order valence-electron chi connectivity index (χ2n) is 4.95. The summed E-state index contributed by atoms with van der Waals surface area (Å²) in [6, 6.07) is 7.83. The van der Waals surface area contributed by atoms with E-state index >= 15 is 0 Å². The van der Waals surface area contributed by atoms with Gasteiger partial charge in [0.25, 0.3) is 0 Å². The molecule has 0 aliphatic carbocycles. The quantitative estimate of drug-likeness (QED) is 0.908. The summed E-state index contributed by atoms with van der Waals surface area (Å²) in [5, 5.41) is 3.24. The van der Waals surface area contributed by atoms with Crippen LogP contribution in [0.1, 0.15) is 27.2 Å². The van der Waals surface area contributed by atoms with Gasteiger partial charge in [0.2, 0.25) is 5.91 Å². The molecule has 1 amide bonds. The number of ether oxygens (including phenoxy) is 1. The van der Waals surface area contributed by atoms with Crippen LogP contribution in [0.4, 0.5) is 5.69 Å². The highest BCUT2D eigenvalue weighted by atomic mass is 16.5. The second kappa shape index (κ2) is 6.06. The molecule has 4 nitrogen and oxygen atoms in total. The van der Waals surface area contributed by atoms with Crippen LogP contribution in [0.2, 0.25) is 0 Å². The number of benzene rings is 1. The minimum absolute atomic E-state index is 0.128. The lowest BCUT2D eigenvalue weighted by atomic mass is 10.1. The number of carbonyl (C=O) groups is 1. The molecular weight excluding hydrogens is 240 g/mol. The number of nitrogens with zero attached hydrogens (tertiary/aromatic N) is 1. The Morgan fingerprint density at radius 3 is 2.63 bits per heavy atom. The highest BCUT2D eigenvalue weighted by Crippen LogP contribution is 2.24. The normalized spacial score (nSPS) is 24.2. The minimum atomic E-state index is -0.128. The third kappa shape index (κ3) is 3.07. The van der Waals surface area contributed by atoms with Crippen molar-refractivity contribution >= 4 is 11.6 Å². The molecule has 1 aromatic rings. The molecule has 1 N–H and O–H groups in total. The lowest BCUT2D eigenvalue weighted by molar-refractivity contribution is -0.120. The van der Waals surface area contributed by atoms with Gasteiger partial charge in [0.15, 0.2) is 0 Å². The van der Waals surface area contributed by atoms with Gasteiger partial charge in [-0.3, -0.25) is 4.79 Å². The number of carbonyl (C=O) groups excluding carboxylic acids is 1. The fourth-order valence-corrected chi connectivity index (χ4v) is 2.40. The van der Waals surface area contributed by atoms with E-state index in [-0.39, 0.29) is 18.0 Å². The molecule has 4 heteroatoms. The summed E-state index contributed by atoms with van der Waals surface area (Å²) in [6.45, 7) is 7.50. The second-order valence-corrected chi connectivity index (χ2v) is 4.95. The number of nitrogens with one attached hydrogen (secondary N) is 1.